The third-order valence-corrected chi connectivity index (χ3v) is 3.58. The first kappa shape index (κ1) is 8.48. The van der Waals surface area contributed by atoms with Crippen LogP contribution >= 0.6 is 22.9 Å². The van der Waals surface area contributed by atoms with Gasteiger partial charge in [0.05, 0.1) is 0 Å². The largest absolute Gasteiger partial charge is 0.330 e. The zero-order valence-electron chi connectivity index (χ0n) is 6.72. The molecule has 0 radical (unpaired) electrons. The van der Waals surface area contributed by atoms with Crippen molar-refractivity contribution in [1.29, 1.82) is 0 Å². The third-order valence-electron chi connectivity index (χ3n) is 2.46. The van der Waals surface area contributed by atoms with Crippen molar-refractivity contribution in [1.82, 2.24) is 4.98 Å². The lowest BCUT2D eigenvalue weighted by Gasteiger charge is -2.08. The molecule has 4 heteroatoms. The number of nitrogens with zero attached hydrogens (tertiary/aromatic N) is 1. The van der Waals surface area contributed by atoms with E-state index in [9.17, 15) is 0 Å². The molecule has 0 amide bonds. The normalized spacial score (nSPS) is 19.5. The van der Waals surface area contributed by atoms with E-state index in [4.69, 9.17) is 17.3 Å². The van der Waals surface area contributed by atoms with E-state index in [1.54, 1.807) is 11.3 Å². The standard InChI is InChI=1S/C8H11ClN2S/c9-7-11-4-6(12-7)3-8(5-10)1-2-8/h4H,1-3,5,10H2. The molecule has 66 valence electrons. The van der Waals surface area contributed by atoms with Gasteiger partial charge in [-0.15, -0.1) is 11.3 Å². The fraction of sp³-hybridized carbons (Fsp3) is 0.625. The van der Waals surface area contributed by atoms with Crippen LogP contribution in [0.5, 0.6) is 0 Å². The Morgan fingerprint density at radius 3 is 2.83 bits per heavy atom. The molecule has 1 heterocycles. The molecule has 1 aromatic heterocycles. The van der Waals surface area contributed by atoms with Crippen LogP contribution in [-0.2, 0) is 6.42 Å². The average molecular weight is 203 g/mol. The van der Waals surface area contributed by atoms with Gasteiger partial charge in [0.1, 0.15) is 0 Å². The summed E-state index contributed by atoms with van der Waals surface area (Å²) in [5.74, 6) is 0. The van der Waals surface area contributed by atoms with E-state index in [1.165, 1.54) is 17.7 Å². The predicted molar refractivity (Wildman–Crippen MR) is 51.5 cm³/mol. The number of hydrogen-bond donors (Lipinski definition) is 1. The van der Waals surface area contributed by atoms with E-state index in [0.29, 0.717) is 9.88 Å². The molecule has 2 rings (SSSR count). The Bertz CT molecular complexity index is 280. The van der Waals surface area contributed by atoms with Gasteiger partial charge in [-0.25, -0.2) is 4.98 Å². The number of nitrogens with two attached hydrogens (primary N) is 1. The molecular weight excluding hydrogens is 192 g/mol. The maximum absolute atomic E-state index is 5.73. The van der Waals surface area contributed by atoms with Crippen molar-refractivity contribution in [3.63, 3.8) is 0 Å². The Morgan fingerprint density at radius 1 is 1.67 bits per heavy atom. The van der Waals surface area contributed by atoms with Gasteiger partial charge in [0.15, 0.2) is 4.47 Å². The first-order valence-corrected chi connectivity index (χ1v) is 5.24. The average Bonchev–Trinajstić information content (AvgIpc) is 2.71. The maximum Gasteiger partial charge on any atom is 0.183 e. The molecule has 0 spiro atoms. The van der Waals surface area contributed by atoms with Crippen LogP contribution in [0.25, 0.3) is 0 Å². The second kappa shape index (κ2) is 2.98. The minimum absolute atomic E-state index is 0.399. The maximum atomic E-state index is 5.73. The van der Waals surface area contributed by atoms with Crippen molar-refractivity contribution in [2.24, 2.45) is 11.1 Å². The van der Waals surface area contributed by atoms with Gasteiger partial charge in [-0.05, 0) is 31.2 Å². The summed E-state index contributed by atoms with van der Waals surface area (Å²) < 4.78 is 0.637. The number of thiazole rings is 1. The van der Waals surface area contributed by atoms with Crippen molar-refractivity contribution < 1.29 is 0 Å². The Kier molecular flexibility index (Phi) is 2.10. The van der Waals surface area contributed by atoms with Crippen LogP contribution in [0.2, 0.25) is 4.47 Å². The topological polar surface area (TPSA) is 38.9 Å². The number of halogens is 1. The molecule has 2 N–H and O–H groups in total. The lowest BCUT2D eigenvalue weighted by atomic mass is 10.0. The van der Waals surface area contributed by atoms with Crippen molar-refractivity contribution >= 4 is 22.9 Å². The van der Waals surface area contributed by atoms with Crippen LogP contribution in [0, 0.1) is 5.41 Å². The highest BCUT2D eigenvalue weighted by atomic mass is 35.5. The molecular formula is C8H11ClN2S. The predicted octanol–water partition coefficient (Wildman–Crippen LogP) is 2.08. The van der Waals surface area contributed by atoms with Gasteiger partial charge in [0.2, 0.25) is 0 Å². The van der Waals surface area contributed by atoms with E-state index < -0.39 is 0 Å². The minimum atomic E-state index is 0.399. The summed E-state index contributed by atoms with van der Waals surface area (Å²) in [5, 5.41) is 0. The molecule has 1 saturated carbocycles. The monoisotopic (exact) mass is 202 g/mol. The molecule has 1 fully saturated rings. The zero-order valence-corrected chi connectivity index (χ0v) is 8.29. The van der Waals surface area contributed by atoms with E-state index in [2.05, 4.69) is 4.98 Å². The lowest BCUT2D eigenvalue weighted by Crippen LogP contribution is -2.17. The smallest absolute Gasteiger partial charge is 0.183 e. The Morgan fingerprint density at radius 2 is 2.42 bits per heavy atom. The molecule has 0 saturated heterocycles. The molecule has 12 heavy (non-hydrogen) atoms. The van der Waals surface area contributed by atoms with E-state index in [-0.39, 0.29) is 0 Å². The van der Waals surface area contributed by atoms with Gasteiger partial charge in [0, 0.05) is 11.1 Å². The third kappa shape index (κ3) is 1.63. The van der Waals surface area contributed by atoms with Crippen LogP contribution in [0.4, 0.5) is 0 Å². The van der Waals surface area contributed by atoms with Gasteiger partial charge in [-0.2, -0.15) is 0 Å². The van der Waals surface area contributed by atoms with Crippen LogP contribution in [0.1, 0.15) is 17.7 Å². The SMILES string of the molecule is NCC1(Cc2cnc(Cl)s2)CC1. The number of aromatic nitrogens is 1. The lowest BCUT2D eigenvalue weighted by molar-refractivity contribution is 0.525. The molecule has 0 bridgehead atoms. The van der Waals surface area contributed by atoms with Gasteiger partial charge in [-0.1, -0.05) is 11.6 Å². The highest BCUT2D eigenvalue weighted by Crippen LogP contribution is 2.48. The highest BCUT2D eigenvalue weighted by molar-refractivity contribution is 7.15. The Labute approximate surface area is 80.8 Å². The summed E-state index contributed by atoms with van der Waals surface area (Å²) >= 11 is 7.30. The molecule has 0 aromatic carbocycles. The zero-order chi connectivity index (χ0) is 8.60. The van der Waals surface area contributed by atoms with Gasteiger partial charge >= 0.3 is 0 Å². The fourth-order valence-electron chi connectivity index (χ4n) is 1.36. The summed E-state index contributed by atoms with van der Waals surface area (Å²) in [6.07, 6.45) is 5.45. The summed E-state index contributed by atoms with van der Waals surface area (Å²) in [6.45, 7) is 0.794. The van der Waals surface area contributed by atoms with Crippen molar-refractivity contribution in [2.75, 3.05) is 6.54 Å². The van der Waals surface area contributed by atoms with E-state index in [1.807, 2.05) is 6.20 Å². The molecule has 0 unspecified atom stereocenters. The highest BCUT2D eigenvalue weighted by Gasteiger charge is 2.41. The molecule has 1 aliphatic carbocycles. The van der Waals surface area contributed by atoms with E-state index in [0.717, 1.165) is 13.0 Å². The molecule has 0 aliphatic heterocycles. The second-order valence-electron chi connectivity index (χ2n) is 3.46. The Hall–Kier alpha value is -0.120. The quantitative estimate of drug-likeness (QED) is 0.815. The molecule has 1 aliphatic rings. The second-order valence-corrected chi connectivity index (χ2v) is 5.16. The van der Waals surface area contributed by atoms with Crippen LogP contribution in [0.3, 0.4) is 0 Å². The van der Waals surface area contributed by atoms with Gasteiger partial charge in [0.25, 0.3) is 0 Å². The van der Waals surface area contributed by atoms with Crippen LogP contribution < -0.4 is 5.73 Å². The van der Waals surface area contributed by atoms with Gasteiger partial charge < -0.3 is 5.73 Å². The first-order valence-electron chi connectivity index (χ1n) is 4.04. The number of hydrogen-bond acceptors (Lipinski definition) is 3. The van der Waals surface area contributed by atoms with Crippen molar-refractivity contribution in [3.8, 4) is 0 Å². The van der Waals surface area contributed by atoms with Gasteiger partial charge in [-0.3, -0.25) is 0 Å². The Balaban J connectivity index is 2.04. The van der Waals surface area contributed by atoms with Crippen LogP contribution in [-0.4, -0.2) is 11.5 Å². The van der Waals surface area contributed by atoms with Crippen molar-refractivity contribution in [2.45, 2.75) is 19.3 Å². The van der Waals surface area contributed by atoms with Crippen LogP contribution in [0.15, 0.2) is 6.20 Å². The summed E-state index contributed by atoms with van der Waals surface area (Å²) in [6, 6.07) is 0. The molecule has 1 aromatic rings. The molecule has 0 atom stereocenters. The fourth-order valence-corrected chi connectivity index (χ4v) is 2.52. The first-order chi connectivity index (χ1) is 5.74. The number of rotatable bonds is 3. The van der Waals surface area contributed by atoms with Crippen molar-refractivity contribution in [3.05, 3.63) is 15.5 Å². The summed E-state index contributed by atoms with van der Waals surface area (Å²) in [5.41, 5.74) is 6.07. The van der Waals surface area contributed by atoms with E-state index >= 15 is 0 Å². The summed E-state index contributed by atoms with van der Waals surface area (Å²) in [7, 11) is 0. The summed E-state index contributed by atoms with van der Waals surface area (Å²) in [4.78, 5) is 5.27. The molecule has 2 nitrogen and oxygen atoms in total. The minimum Gasteiger partial charge on any atom is -0.330 e.